The summed E-state index contributed by atoms with van der Waals surface area (Å²) in [7, 11) is 4.33. The average Bonchev–Trinajstić information content (AvgIpc) is 2.33. The van der Waals surface area contributed by atoms with Gasteiger partial charge in [-0.05, 0) is 71.1 Å². The summed E-state index contributed by atoms with van der Waals surface area (Å²) in [6.45, 7) is 5.93. The van der Waals surface area contributed by atoms with Crippen molar-refractivity contribution in [2.45, 2.75) is 51.2 Å². The Labute approximate surface area is 112 Å². The highest BCUT2D eigenvalue weighted by Gasteiger charge is 2.33. The molecule has 1 aliphatic carbocycles. The first-order valence-electron chi connectivity index (χ1n) is 7.63. The number of piperidine rings is 1. The number of aliphatic hydroxyl groups is 1. The molecule has 0 radical (unpaired) electrons. The van der Waals surface area contributed by atoms with Gasteiger partial charge in [0.25, 0.3) is 0 Å². The quantitative estimate of drug-likeness (QED) is 0.832. The van der Waals surface area contributed by atoms with E-state index in [1.54, 1.807) is 0 Å². The number of nitrogens with zero attached hydrogens (tertiary/aromatic N) is 2. The third-order valence-electron chi connectivity index (χ3n) is 4.78. The minimum atomic E-state index is -0.0772. The lowest BCUT2D eigenvalue weighted by molar-refractivity contribution is -0.00991. The molecular weight excluding hydrogens is 224 g/mol. The van der Waals surface area contributed by atoms with Crippen LogP contribution >= 0.6 is 0 Å². The largest absolute Gasteiger partial charge is 0.391 e. The van der Waals surface area contributed by atoms with E-state index in [0.29, 0.717) is 6.04 Å². The molecule has 18 heavy (non-hydrogen) atoms. The summed E-state index contributed by atoms with van der Waals surface area (Å²) in [6, 6.07) is 0.439. The van der Waals surface area contributed by atoms with Gasteiger partial charge in [-0.2, -0.15) is 0 Å². The molecule has 0 aromatic rings. The second kappa shape index (κ2) is 6.36. The SMILES string of the molecule is CC1CCC(O)C(N2CCC(CN(C)C)CC2)C1. The van der Waals surface area contributed by atoms with E-state index in [-0.39, 0.29) is 6.10 Å². The Kier molecular flexibility index (Phi) is 5.05. The number of aliphatic hydroxyl groups excluding tert-OH is 1. The second-order valence-corrected chi connectivity index (χ2v) is 6.79. The fourth-order valence-electron chi connectivity index (χ4n) is 3.71. The molecule has 3 heteroatoms. The van der Waals surface area contributed by atoms with Crippen molar-refractivity contribution in [2.24, 2.45) is 11.8 Å². The third-order valence-corrected chi connectivity index (χ3v) is 4.78. The molecule has 0 amide bonds. The number of likely N-dealkylation sites (tertiary alicyclic amines) is 1. The first kappa shape index (κ1) is 14.3. The fourth-order valence-corrected chi connectivity index (χ4v) is 3.71. The van der Waals surface area contributed by atoms with Crippen molar-refractivity contribution in [3.05, 3.63) is 0 Å². The van der Waals surface area contributed by atoms with Gasteiger partial charge < -0.3 is 10.0 Å². The Balaban J connectivity index is 1.81. The van der Waals surface area contributed by atoms with Crippen molar-refractivity contribution in [2.75, 3.05) is 33.7 Å². The zero-order valence-electron chi connectivity index (χ0n) is 12.3. The molecule has 1 saturated carbocycles. The van der Waals surface area contributed by atoms with E-state index in [0.717, 1.165) is 18.3 Å². The predicted molar refractivity (Wildman–Crippen MR) is 75.7 cm³/mol. The van der Waals surface area contributed by atoms with Crippen LogP contribution in [-0.4, -0.2) is 60.8 Å². The Bertz CT molecular complexity index is 249. The van der Waals surface area contributed by atoms with Gasteiger partial charge in [0.2, 0.25) is 0 Å². The van der Waals surface area contributed by atoms with E-state index < -0.39 is 0 Å². The van der Waals surface area contributed by atoms with Crippen molar-refractivity contribution in [3.63, 3.8) is 0 Å². The van der Waals surface area contributed by atoms with E-state index in [1.807, 2.05) is 0 Å². The van der Waals surface area contributed by atoms with E-state index in [9.17, 15) is 5.11 Å². The Morgan fingerprint density at radius 1 is 1.11 bits per heavy atom. The van der Waals surface area contributed by atoms with Gasteiger partial charge in [-0.25, -0.2) is 0 Å². The van der Waals surface area contributed by atoms with Gasteiger partial charge in [0.15, 0.2) is 0 Å². The van der Waals surface area contributed by atoms with E-state index >= 15 is 0 Å². The van der Waals surface area contributed by atoms with Crippen LogP contribution in [0.3, 0.4) is 0 Å². The van der Waals surface area contributed by atoms with Crippen LogP contribution in [0.25, 0.3) is 0 Å². The van der Waals surface area contributed by atoms with Gasteiger partial charge in [0, 0.05) is 12.6 Å². The lowest BCUT2D eigenvalue weighted by Crippen LogP contribution is -2.50. The minimum absolute atomic E-state index is 0.0772. The third kappa shape index (κ3) is 3.69. The molecule has 3 unspecified atom stereocenters. The molecule has 0 bridgehead atoms. The number of rotatable bonds is 3. The highest BCUT2D eigenvalue weighted by atomic mass is 16.3. The molecule has 3 nitrogen and oxygen atoms in total. The van der Waals surface area contributed by atoms with Crippen LogP contribution in [-0.2, 0) is 0 Å². The number of hydrogen-bond acceptors (Lipinski definition) is 3. The average molecular weight is 254 g/mol. The maximum absolute atomic E-state index is 10.2. The Hall–Kier alpha value is -0.120. The monoisotopic (exact) mass is 254 g/mol. The highest BCUT2D eigenvalue weighted by Crippen LogP contribution is 2.30. The van der Waals surface area contributed by atoms with Gasteiger partial charge in [0.1, 0.15) is 0 Å². The van der Waals surface area contributed by atoms with Gasteiger partial charge in [-0.3, -0.25) is 4.90 Å². The predicted octanol–water partition coefficient (Wildman–Crippen LogP) is 1.81. The number of hydrogen-bond donors (Lipinski definition) is 1. The van der Waals surface area contributed by atoms with Crippen LogP contribution in [0.2, 0.25) is 0 Å². The van der Waals surface area contributed by atoms with Crippen LogP contribution < -0.4 is 0 Å². The van der Waals surface area contributed by atoms with Crippen LogP contribution in [0.5, 0.6) is 0 Å². The van der Waals surface area contributed by atoms with Gasteiger partial charge in [-0.1, -0.05) is 6.92 Å². The van der Waals surface area contributed by atoms with Gasteiger partial charge in [-0.15, -0.1) is 0 Å². The van der Waals surface area contributed by atoms with E-state index in [2.05, 4.69) is 30.8 Å². The van der Waals surface area contributed by atoms with Crippen molar-refractivity contribution >= 4 is 0 Å². The summed E-state index contributed by atoms with van der Waals surface area (Å²) < 4.78 is 0. The van der Waals surface area contributed by atoms with Gasteiger partial charge >= 0.3 is 0 Å². The smallest absolute Gasteiger partial charge is 0.0695 e. The molecule has 1 aliphatic heterocycles. The molecular formula is C15H30N2O. The van der Waals surface area contributed by atoms with E-state index in [4.69, 9.17) is 0 Å². The molecule has 2 fully saturated rings. The van der Waals surface area contributed by atoms with Crippen molar-refractivity contribution in [3.8, 4) is 0 Å². The molecule has 1 saturated heterocycles. The maximum atomic E-state index is 10.2. The topological polar surface area (TPSA) is 26.7 Å². The first-order valence-corrected chi connectivity index (χ1v) is 7.63. The summed E-state index contributed by atoms with van der Waals surface area (Å²) >= 11 is 0. The molecule has 0 aromatic heterocycles. The standard InChI is InChI=1S/C15H30N2O/c1-12-4-5-15(18)14(10-12)17-8-6-13(7-9-17)11-16(2)3/h12-15,18H,4-11H2,1-3H3. The van der Waals surface area contributed by atoms with Gasteiger partial charge in [0.05, 0.1) is 6.10 Å². The zero-order chi connectivity index (χ0) is 13.1. The van der Waals surface area contributed by atoms with Crippen LogP contribution in [0, 0.1) is 11.8 Å². The van der Waals surface area contributed by atoms with Crippen molar-refractivity contribution < 1.29 is 5.11 Å². The summed E-state index contributed by atoms with van der Waals surface area (Å²) in [5.74, 6) is 1.65. The molecule has 106 valence electrons. The molecule has 2 aliphatic rings. The summed E-state index contributed by atoms with van der Waals surface area (Å²) in [5.41, 5.74) is 0. The van der Waals surface area contributed by atoms with Crippen LogP contribution in [0.1, 0.15) is 39.0 Å². The Morgan fingerprint density at radius 3 is 2.39 bits per heavy atom. The first-order chi connectivity index (χ1) is 8.56. The lowest BCUT2D eigenvalue weighted by atomic mass is 9.83. The highest BCUT2D eigenvalue weighted by molar-refractivity contribution is 4.88. The Morgan fingerprint density at radius 2 is 1.78 bits per heavy atom. The summed E-state index contributed by atoms with van der Waals surface area (Å²) in [5, 5.41) is 10.2. The van der Waals surface area contributed by atoms with Crippen LogP contribution in [0.15, 0.2) is 0 Å². The molecule has 0 spiro atoms. The van der Waals surface area contributed by atoms with Crippen molar-refractivity contribution in [1.29, 1.82) is 0 Å². The molecule has 2 rings (SSSR count). The molecule has 3 atom stereocenters. The zero-order valence-corrected chi connectivity index (χ0v) is 12.3. The molecule has 0 aromatic carbocycles. The summed E-state index contributed by atoms with van der Waals surface area (Å²) in [4.78, 5) is 4.87. The second-order valence-electron chi connectivity index (χ2n) is 6.79. The lowest BCUT2D eigenvalue weighted by Gasteiger charge is -2.43. The minimum Gasteiger partial charge on any atom is -0.391 e. The molecule has 1 N–H and O–H groups in total. The summed E-state index contributed by atoms with van der Waals surface area (Å²) in [6.07, 6.45) is 5.93. The van der Waals surface area contributed by atoms with Crippen LogP contribution in [0.4, 0.5) is 0 Å². The fraction of sp³-hybridized carbons (Fsp3) is 1.00. The normalized spacial score (nSPS) is 36.2. The van der Waals surface area contributed by atoms with Crippen molar-refractivity contribution in [1.82, 2.24) is 9.80 Å². The molecule has 1 heterocycles. The maximum Gasteiger partial charge on any atom is 0.0695 e. The van der Waals surface area contributed by atoms with E-state index in [1.165, 1.54) is 45.3 Å².